The largest absolute Gasteiger partial charge is 0.489 e. The van der Waals surface area contributed by atoms with E-state index in [0.717, 1.165) is 5.56 Å². The Morgan fingerprint density at radius 3 is 1.71 bits per heavy atom. The number of carbonyl (C=O) groups excluding carboxylic acids is 6. The first kappa shape index (κ1) is 39.6. The maximum atomic E-state index is 13.3. The van der Waals surface area contributed by atoms with Crippen LogP contribution in [-0.2, 0) is 40.1 Å². The van der Waals surface area contributed by atoms with Gasteiger partial charge in [0.1, 0.15) is 30.5 Å². The van der Waals surface area contributed by atoms with Crippen molar-refractivity contribution in [3.63, 3.8) is 0 Å². The van der Waals surface area contributed by atoms with Gasteiger partial charge in [0.25, 0.3) is 0 Å². The van der Waals surface area contributed by atoms with Crippen LogP contribution in [0.4, 0.5) is 16.2 Å². The SMILES string of the molecule is COC(=O)C[C@H](C(=O)N1CCC[C@H]1C(=O)Nc1ccc(OCc2ccc(NC(=O)[C@@H]3CCCN3C(=O)[C@@H](NC(=O)OC)C(C)C)cc2)cc1)C(C)C. The number of alkyl carbamates (subject to hydrolysis) is 1. The van der Waals surface area contributed by atoms with Crippen molar-refractivity contribution >= 4 is 47.1 Å². The molecule has 0 radical (unpaired) electrons. The summed E-state index contributed by atoms with van der Waals surface area (Å²) in [6.07, 6.45) is 1.71. The van der Waals surface area contributed by atoms with E-state index >= 15 is 0 Å². The average molecular weight is 722 g/mol. The molecule has 0 aliphatic carbocycles. The van der Waals surface area contributed by atoms with E-state index in [1.165, 1.54) is 19.1 Å². The van der Waals surface area contributed by atoms with E-state index < -0.39 is 36.1 Å². The minimum Gasteiger partial charge on any atom is -0.489 e. The highest BCUT2D eigenvalue weighted by atomic mass is 16.5. The Balaban J connectivity index is 1.27. The van der Waals surface area contributed by atoms with E-state index in [2.05, 4.69) is 20.7 Å². The maximum Gasteiger partial charge on any atom is 0.407 e. The molecule has 0 spiro atoms. The average Bonchev–Trinajstić information content (AvgIpc) is 3.83. The number of nitrogens with one attached hydrogen (secondary N) is 3. The molecule has 4 atom stereocenters. The quantitative estimate of drug-likeness (QED) is 0.240. The molecule has 0 bridgehead atoms. The standard InChI is InChI=1S/C38H51N5O9/c1-23(2)29(21-32(44)50-5)36(47)42-19-7-9-30(42)34(45)40-27-15-17-28(18-16-27)52-22-25-11-13-26(14-12-25)39-35(46)31-10-8-20-43(31)37(48)33(24(3)4)41-38(49)51-6/h11-18,23-24,29-31,33H,7-10,19-22H2,1-6H3,(H,39,46)(H,40,45)(H,41,49)/t29-,30-,31-,33-/m0/s1. The van der Waals surface area contributed by atoms with Gasteiger partial charge in [-0.1, -0.05) is 39.8 Å². The topological polar surface area (TPSA) is 173 Å². The highest BCUT2D eigenvalue weighted by Crippen LogP contribution is 2.27. The number of likely N-dealkylation sites (tertiary alicyclic amines) is 2. The van der Waals surface area contributed by atoms with Crippen LogP contribution in [0.5, 0.6) is 5.75 Å². The summed E-state index contributed by atoms with van der Waals surface area (Å²) in [5, 5.41) is 8.39. The third kappa shape index (κ3) is 10.2. The van der Waals surface area contributed by atoms with Crippen LogP contribution in [0.2, 0.25) is 0 Å². The van der Waals surface area contributed by atoms with Crippen LogP contribution in [0.3, 0.4) is 0 Å². The molecule has 5 amide bonds. The number of rotatable bonds is 14. The van der Waals surface area contributed by atoms with Crippen molar-refractivity contribution < 1.29 is 43.0 Å². The Morgan fingerprint density at radius 1 is 0.712 bits per heavy atom. The fourth-order valence-electron chi connectivity index (χ4n) is 6.50. The minimum absolute atomic E-state index is 0.0262. The molecule has 14 nitrogen and oxygen atoms in total. The zero-order chi connectivity index (χ0) is 37.9. The van der Waals surface area contributed by atoms with Crippen LogP contribution < -0.4 is 20.7 Å². The zero-order valence-corrected chi connectivity index (χ0v) is 30.8. The van der Waals surface area contributed by atoms with Gasteiger partial charge in [0.15, 0.2) is 0 Å². The van der Waals surface area contributed by atoms with Crippen molar-refractivity contribution in [1.82, 2.24) is 15.1 Å². The number of methoxy groups -OCH3 is 2. The molecule has 0 saturated carbocycles. The summed E-state index contributed by atoms with van der Waals surface area (Å²) >= 11 is 0. The number of hydrogen-bond acceptors (Lipinski definition) is 9. The summed E-state index contributed by atoms with van der Waals surface area (Å²) in [7, 11) is 2.53. The Bertz CT molecular complexity index is 1460. The normalized spacial score (nSPS) is 18.1. The lowest BCUT2D eigenvalue weighted by Crippen LogP contribution is -2.54. The van der Waals surface area contributed by atoms with Crippen molar-refractivity contribution in [3.8, 4) is 5.75 Å². The molecule has 282 valence electrons. The predicted octanol–water partition coefficient (Wildman–Crippen LogP) is 4.34. The van der Waals surface area contributed by atoms with Crippen LogP contribution in [0, 0.1) is 17.8 Å². The van der Waals surface area contributed by atoms with Gasteiger partial charge in [0.2, 0.25) is 23.6 Å². The van der Waals surface area contributed by atoms with Gasteiger partial charge in [0, 0.05) is 24.5 Å². The van der Waals surface area contributed by atoms with Gasteiger partial charge in [-0.25, -0.2) is 4.79 Å². The first-order valence-corrected chi connectivity index (χ1v) is 17.8. The molecule has 2 aliphatic rings. The summed E-state index contributed by atoms with van der Waals surface area (Å²) in [5.74, 6) is -1.82. The lowest BCUT2D eigenvalue weighted by molar-refractivity contribution is -0.149. The van der Waals surface area contributed by atoms with E-state index in [-0.39, 0.29) is 48.5 Å². The van der Waals surface area contributed by atoms with Crippen molar-refractivity contribution in [1.29, 1.82) is 0 Å². The van der Waals surface area contributed by atoms with Crippen molar-refractivity contribution in [2.45, 2.75) is 84.5 Å². The Morgan fingerprint density at radius 2 is 1.23 bits per heavy atom. The zero-order valence-electron chi connectivity index (χ0n) is 30.8. The molecule has 3 N–H and O–H groups in total. The molecular formula is C38H51N5O9. The van der Waals surface area contributed by atoms with Crippen LogP contribution in [0.25, 0.3) is 0 Å². The predicted molar refractivity (Wildman–Crippen MR) is 193 cm³/mol. The molecule has 2 aromatic carbocycles. The molecule has 2 aromatic rings. The molecule has 2 heterocycles. The van der Waals surface area contributed by atoms with Gasteiger partial charge in [0.05, 0.1) is 26.6 Å². The molecule has 14 heteroatoms. The molecule has 2 fully saturated rings. The van der Waals surface area contributed by atoms with Crippen molar-refractivity contribution in [3.05, 3.63) is 54.1 Å². The fraction of sp³-hybridized carbons (Fsp3) is 0.526. The van der Waals surface area contributed by atoms with E-state index in [4.69, 9.17) is 9.47 Å². The number of benzene rings is 2. The van der Waals surface area contributed by atoms with Crippen LogP contribution >= 0.6 is 0 Å². The highest BCUT2D eigenvalue weighted by Gasteiger charge is 2.40. The third-order valence-electron chi connectivity index (χ3n) is 9.55. The van der Waals surface area contributed by atoms with E-state index in [1.807, 2.05) is 39.8 Å². The van der Waals surface area contributed by atoms with Gasteiger partial charge >= 0.3 is 12.1 Å². The van der Waals surface area contributed by atoms with Crippen molar-refractivity contribution in [2.75, 3.05) is 37.9 Å². The van der Waals surface area contributed by atoms with E-state index in [0.29, 0.717) is 55.9 Å². The van der Waals surface area contributed by atoms with Crippen molar-refractivity contribution in [2.24, 2.45) is 17.8 Å². The van der Waals surface area contributed by atoms with Gasteiger partial charge in [-0.3, -0.25) is 24.0 Å². The third-order valence-corrected chi connectivity index (χ3v) is 9.55. The number of anilines is 2. The van der Waals surface area contributed by atoms with Gasteiger partial charge < -0.3 is 40.0 Å². The molecule has 4 rings (SSSR count). The lowest BCUT2D eigenvalue weighted by Gasteiger charge is -2.30. The smallest absolute Gasteiger partial charge is 0.407 e. The maximum absolute atomic E-state index is 13.3. The second-order valence-electron chi connectivity index (χ2n) is 13.9. The number of hydrogen-bond donors (Lipinski definition) is 3. The summed E-state index contributed by atoms with van der Waals surface area (Å²) in [5.41, 5.74) is 2.00. The molecular weight excluding hydrogens is 670 g/mol. The Kier molecular flexibility index (Phi) is 14.0. The van der Waals surface area contributed by atoms with E-state index in [1.54, 1.807) is 41.3 Å². The van der Waals surface area contributed by atoms with Gasteiger partial charge in [-0.2, -0.15) is 0 Å². The molecule has 0 aromatic heterocycles. The monoisotopic (exact) mass is 721 g/mol. The highest BCUT2D eigenvalue weighted by molar-refractivity contribution is 5.99. The number of esters is 1. The number of nitrogens with zero attached hydrogens (tertiary/aromatic N) is 2. The first-order chi connectivity index (χ1) is 24.8. The number of ether oxygens (including phenoxy) is 3. The number of carbonyl (C=O) groups is 6. The fourth-order valence-corrected chi connectivity index (χ4v) is 6.50. The molecule has 2 saturated heterocycles. The molecule has 52 heavy (non-hydrogen) atoms. The summed E-state index contributed by atoms with van der Waals surface area (Å²) in [6, 6.07) is 12.1. The van der Waals surface area contributed by atoms with Gasteiger partial charge in [-0.15, -0.1) is 0 Å². The van der Waals surface area contributed by atoms with E-state index in [9.17, 15) is 28.8 Å². The molecule has 0 unspecified atom stereocenters. The minimum atomic E-state index is -0.806. The number of amides is 5. The Labute approximate surface area is 304 Å². The van der Waals surface area contributed by atoms with Crippen LogP contribution in [-0.4, -0.2) is 90.9 Å². The Hall–Kier alpha value is -5.14. The first-order valence-electron chi connectivity index (χ1n) is 17.8. The van der Waals surface area contributed by atoms with Gasteiger partial charge in [-0.05, 0) is 79.5 Å². The van der Waals surface area contributed by atoms with Crippen LogP contribution in [0.15, 0.2) is 48.5 Å². The molecule has 2 aliphatic heterocycles. The second kappa shape index (κ2) is 18.4. The summed E-state index contributed by atoms with van der Waals surface area (Å²) < 4.78 is 15.4. The summed E-state index contributed by atoms with van der Waals surface area (Å²) in [6.45, 7) is 8.54. The second-order valence-corrected chi connectivity index (χ2v) is 13.9. The summed E-state index contributed by atoms with van der Waals surface area (Å²) in [4.78, 5) is 79.9. The lowest BCUT2D eigenvalue weighted by atomic mass is 9.90. The van der Waals surface area contributed by atoms with Crippen LogP contribution in [0.1, 0.15) is 65.4 Å².